The van der Waals surface area contributed by atoms with E-state index in [0.717, 1.165) is 0 Å². The molecule has 0 saturated carbocycles. The Kier molecular flexibility index (Phi) is 3.48. The molecule has 0 heterocycles. The molecule has 16 heavy (non-hydrogen) atoms. The Bertz CT molecular complexity index is 361. The second-order valence-corrected chi connectivity index (χ2v) is 4.84. The van der Waals surface area contributed by atoms with Crippen molar-refractivity contribution in [1.29, 1.82) is 0 Å². The summed E-state index contributed by atoms with van der Waals surface area (Å²) < 4.78 is 0. The maximum absolute atomic E-state index is 10.7. The normalized spacial score (nSPS) is 12.4. The molecule has 0 unspecified atom stereocenters. The van der Waals surface area contributed by atoms with Crippen molar-refractivity contribution in [2.75, 3.05) is 0 Å². The molecule has 1 rings (SSSR count). The van der Waals surface area contributed by atoms with E-state index in [1.165, 1.54) is 12.1 Å². The molecule has 0 aliphatic heterocycles. The minimum atomic E-state index is -1.09. The van der Waals surface area contributed by atoms with Crippen LogP contribution < -0.4 is 0 Å². The van der Waals surface area contributed by atoms with Gasteiger partial charge in [-0.15, -0.1) is 0 Å². The largest absolute Gasteiger partial charge is 0.508 e. The highest BCUT2D eigenvalue weighted by atomic mass is 16.3. The molecule has 0 fully saturated rings. The molecule has 0 aliphatic carbocycles. The molecule has 0 spiro atoms. The van der Waals surface area contributed by atoms with E-state index in [2.05, 4.69) is 0 Å². The molecule has 1 aromatic carbocycles. The Labute approximate surface area is 96.4 Å². The Balaban J connectivity index is 3.33. The van der Waals surface area contributed by atoms with Crippen LogP contribution in [-0.4, -0.2) is 15.3 Å². The number of rotatable bonds is 3. The van der Waals surface area contributed by atoms with Gasteiger partial charge in [-0.05, 0) is 24.0 Å². The zero-order valence-electron chi connectivity index (χ0n) is 10.2. The third-order valence-electron chi connectivity index (χ3n) is 3.17. The summed E-state index contributed by atoms with van der Waals surface area (Å²) in [5.74, 6) is -0.119. The summed E-state index contributed by atoms with van der Waals surface area (Å²) in [5.41, 5.74) is -0.618. The van der Waals surface area contributed by atoms with E-state index in [1.54, 1.807) is 6.07 Å². The molecule has 1 aromatic rings. The number of aliphatic hydroxyl groups is 1. The lowest BCUT2D eigenvalue weighted by Gasteiger charge is -2.37. The molecule has 0 radical (unpaired) electrons. The molecule has 0 amide bonds. The quantitative estimate of drug-likeness (QED) is 0.739. The summed E-state index contributed by atoms with van der Waals surface area (Å²) in [6, 6.07) is 4.31. The van der Waals surface area contributed by atoms with Crippen molar-refractivity contribution in [3.05, 3.63) is 23.8 Å². The number of hydrogen-bond donors (Lipinski definition) is 3. The second kappa shape index (κ2) is 4.34. The van der Waals surface area contributed by atoms with Crippen molar-refractivity contribution in [3.8, 4) is 11.5 Å². The van der Waals surface area contributed by atoms with Crippen LogP contribution in [0.4, 0.5) is 0 Å². The van der Waals surface area contributed by atoms with E-state index in [4.69, 9.17) is 0 Å². The first-order valence-electron chi connectivity index (χ1n) is 5.55. The molecule has 0 saturated heterocycles. The topological polar surface area (TPSA) is 60.7 Å². The fraction of sp³-hybridized carbons (Fsp3) is 0.538. The summed E-state index contributed by atoms with van der Waals surface area (Å²) in [4.78, 5) is 0. The van der Waals surface area contributed by atoms with Crippen LogP contribution in [0.5, 0.6) is 11.5 Å². The predicted molar refractivity (Wildman–Crippen MR) is 63.3 cm³/mol. The lowest BCUT2D eigenvalue weighted by atomic mass is 9.75. The highest BCUT2D eigenvalue weighted by Gasteiger charge is 2.38. The van der Waals surface area contributed by atoms with Gasteiger partial charge in [-0.3, -0.25) is 0 Å². The van der Waals surface area contributed by atoms with Crippen LogP contribution >= 0.6 is 0 Å². The Morgan fingerprint density at radius 1 is 1.00 bits per heavy atom. The predicted octanol–water partition coefficient (Wildman–Crippen LogP) is 2.60. The molecule has 0 bridgehead atoms. The lowest BCUT2D eigenvalue weighted by molar-refractivity contribution is -0.0547. The van der Waals surface area contributed by atoms with Gasteiger partial charge >= 0.3 is 0 Å². The maximum Gasteiger partial charge on any atom is 0.125 e. The molecule has 3 N–H and O–H groups in total. The minimum absolute atomic E-state index is 0.00360. The van der Waals surface area contributed by atoms with Gasteiger partial charge in [0.15, 0.2) is 0 Å². The van der Waals surface area contributed by atoms with Crippen LogP contribution in [-0.2, 0) is 5.60 Å². The average molecular weight is 224 g/mol. The second-order valence-electron chi connectivity index (χ2n) is 4.84. The summed E-state index contributed by atoms with van der Waals surface area (Å²) in [6.45, 7) is 7.64. The van der Waals surface area contributed by atoms with Crippen LogP contribution in [0, 0.1) is 11.8 Å². The maximum atomic E-state index is 10.7. The SMILES string of the molecule is CC(C)C(O)(c1ccc(O)cc1O)C(C)C. The first kappa shape index (κ1) is 12.8. The van der Waals surface area contributed by atoms with E-state index in [9.17, 15) is 15.3 Å². The molecule has 0 aliphatic rings. The molecule has 90 valence electrons. The van der Waals surface area contributed by atoms with E-state index >= 15 is 0 Å². The molecular weight excluding hydrogens is 204 g/mol. The van der Waals surface area contributed by atoms with Gasteiger partial charge in [-0.1, -0.05) is 27.7 Å². The monoisotopic (exact) mass is 224 g/mol. The fourth-order valence-electron chi connectivity index (χ4n) is 2.15. The standard InChI is InChI=1S/C13H20O3/c1-8(2)13(16,9(3)4)11-6-5-10(14)7-12(11)15/h5-9,14-16H,1-4H3. The van der Waals surface area contributed by atoms with E-state index < -0.39 is 5.60 Å². The van der Waals surface area contributed by atoms with Crippen LogP contribution in [0.1, 0.15) is 33.3 Å². The summed E-state index contributed by atoms with van der Waals surface area (Å²) >= 11 is 0. The third-order valence-corrected chi connectivity index (χ3v) is 3.17. The van der Waals surface area contributed by atoms with E-state index in [1.807, 2.05) is 27.7 Å². The van der Waals surface area contributed by atoms with Crippen LogP contribution in [0.2, 0.25) is 0 Å². The van der Waals surface area contributed by atoms with Crippen molar-refractivity contribution >= 4 is 0 Å². The minimum Gasteiger partial charge on any atom is -0.508 e. The number of hydrogen-bond acceptors (Lipinski definition) is 3. The van der Waals surface area contributed by atoms with Gasteiger partial charge in [0.1, 0.15) is 11.5 Å². The van der Waals surface area contributed by atoms with Gasteiger partial charge in [0.2, 0.25) is 0 Å². The molecule has 3 nitrogen and oxygen atoms in total. The van der Waals surface area contributed by atoms with Crippen molar-refractivity contribution < 1.29 is 15.3 Å². The highest BCUT2D eigenvalue weighted by Crippen LogP contribution is 2.41. The number of phenolic OH excluding ortho intramolecular Hbond substituents is 2. The third kappa shape index (κ3) is 2.00. The van der Waals surface area contributed by atoms with Crippen LogP contribution in [0.3, 0.4) is 0 Å². The average Bonchev–Trinajstić information content (AvgIpc) is 2.15. The number of phenols is 2. The van der Waals surface area contributed by atoms with Gasteiger partial charge in [0.05, 0.1) is 5.60 Å². The number of aromatic hydroxyl groups is 2. The Morgan fingerprint density at radius 2 is 1.50 bits per heavy atom. The van der Waals surface area contributed by atoms with Crippen LogP contribution in [0.15, 0.2) is 18.2 Å². The van der Waals surface area contributed by atoms with Crippen molar-refractivity contribution in [1.82, 2.24) is 0 Å². The number of benzene rings is 1. The Hall–Kier alpha value is -1.22. The van der Waals surface area contributed by atoms with Gasteiger partial charge in [-0.25, -0.2) is 0 Å². The molecule has 0 aromatic heterocycles. The fourth-order valence-corrected chi connectivity index (χ4v) is 2.15. The zero-order chi connectivity index (χ0) is 12.5. The van der Waals surface area contributed by atoms with Gasteiger partial charge < -0.3 is 15.3 Å². The first-order chi connectivity index (χ1) is 7.30. The molecule has 3 heteroatoms. The molecular formula is C13H20O3. The van der Waals surface area contributed by atoms with Crippen LogP contribution in [0.25, 0.3) is 0 Å². The molecule has 0 atom stereocenters. The highest BCUT2D eigenvalue weighted by molar-refractivity contribution is 5.42. The summed E-state index contributed by atoms with van der Waals surface area (Å²) in [7, 11) is 0. The van der Waals surface area contributed by atoms with Crippen molar-refractivity contribution in [3.63, 3.8) is 0 Å². The first-order valence-corrected chi connectivity index (χ1v) is 5.55. The van der Waals surface area contributed by atoms with Crippen molar-refractivity contribution in [2.45, 2.75) is 33.3 Å². The van der Waals surface area contributed by atoms with E-state index in [-0.39, 0.29) is 23.3 Å². The van der Waals surface area contributed by atoms with Gasteiger partial charge in [0, 0.05) is 11.6 Å². The van der Waals surface area contributed by atoms with Gasteiger partial charge in [0.25, 0.3) is 0 Å². The van der Waals surface area contributed by atoms with Crippen molar-refractivity contribution in [2.24, 2.45) is 11.8 Å². The van der Waals surface area contributed by atoms with Gasteiger partial charge in [-0.2, -0.15) is 0 Å². The lowest BCUT2D eigenvalue weighted by Crippen LogP contribution is -2.37. The Morgan fingerprint density at radius 3 is 1.88 bits per heavy atom. The summed E-state index contributed by atoms with van der Waals surface area (Å²) in [5, 5.41) is 29.7. The summed E-state index contributed by atoms with van der Waals surface area (Å²) in [6.07, 6.45) is 0. The smallest absolute Gasteiger partial charge is 0.125 e. The van der Waals surface area contributed by atoms with E-state index in [0.29, 0.717) is 5.56 Å². The zero-order valence-corrected chi connectivity index (χ0v) is 10.2.